The molecule has 0 spiro atoms. The van der Waals surface area contributed by atoms with E-state index in [1.165, 1.54) is 0 Å². The van der Waals surface area contributed by atoms with Crippen LogP contribution in [0.15, 0.2) is 4.40 Å². The second kappa shape index (κ2) is 2.02. The Labute approximate surface area is 47.1 Å². The topological polar surface area (TPSA) is 24.4 Å². The summed E-state index contributed by atoms with van der Waals surface area (Å²) in [6.07, 6.45) is 1.79. The molecule has 1 heterocycles. The van der Waals surface area contributed by atoms with Gasteiger partial charge in [-0.05, 0) is 0 Å². The number of hydrogen-bond donors (Lipinski definition) is 1. The molecular formula is C2H5IN2S. The summed E-state index contributed by atoms with van der Waals surface area (Å²) in [5, 5.41) is 0. The predicted molar refractivity (Wildman–Crippen MR) is 39.2 cm³/mol. The van der Waals surface area contributed by atoms with Crippen LogP contribution in [-0.2, 0) is 0 Å². The Morgan fingerprint density at radius 3 is 3.00 bits per heavy atom. The van der Waals surface area contributed by atoms with Crippen molar-refractivity contribution in [1.29, 1.82) is 0 Å². The van der Waals surface area contributed by atoms with Gasteiger partial charge in [0, 0.05) is 0 Å². The predicted octanol–water partition coefficient (Wildman–Crippen LogP) is 1.23. The zero-order valence-electron chi connectivity index (χ0n) is 3.31. The normalized spacial score (nSPS) is 24.5. The zero-order valence-corrected chi connectivity index (χ0v) is 6.28. The van der Waals surface area contributed by atoms with Gasteiger partial charge in [-0.2, -0.15) is 0 Å². The zero-order chi connectivity index (χ0) is 4.41. The minimum absolute atomic E-state index is 0.745. The second-order valence-electron chi connectivity index (χ2n) is 0.833. The molecular weight excluding hydrogens is 211 g/mol. The number of halogens is 1. The van der Waals surface area contributed by atoms with E-state index in [1.807, 2.05) is 0 Å². The SMILES string of the molecule is CI1NC=NS1. The van der Waals surface area contributed by atoms with Gasteiger partial charge in [0.1, 0.15) is 0 Å². The first-order valence-electron chi connectivity index (χ1n) is 1.45. The number of hydrogen-bond acceptors (Lipinski definition) is 3. The Hall–Kier alpha value is 0.550. The van der Waals surface area contributed by atoms with E-state index in [4.69, 9.17) is 0 Å². The average Bonchev–Trinajstić information content (AvgIpc) is 1.86. The average molecular weight is 216 g/mol. The Morgan fingerprint density at radius 1 is 2.00 bits per heavy atom. The van der Waals surface area contributed by atoms with Gasteiger partial charge in [-0.25, -0.2) is 0 Å². The van der Waals surface area contributed by atoms with Crippen LogP contribution >= 0.6 is 27.8 Å². The minimum atomic E-state index is -0.745. The van der Waals surface area contributed by atoms with Crippen LogP contribution in [0, 0.1) is 0 Å². The van der Waals surface area contributed by atoms with Crippen LogP contribution in [0.1, 0.15) is 0 Å². The number of nitrogens with zero attached hydrogens (tertiary/aromatic N) is 1. The molecule has 6 heavy (non-hydrogen) atoms. The Balaban J connectivity index is 2.32. The molecule has 0 amide bonds. The molecule has 0 bridgehead atoms. The third-order valence-electron chi connectivity index (χ3n) is 0.399. The fourth-order valence-electron chi connectivity index (χ4n) is 0.188. The molecule has 1 rings (SSSR count). The van der Waals surface area contributed by atoms with Crippen LogP contribution in [0.5, 0.6) is 0 Å². The number of nitrogens with one attached hydrogen (secondary N) is 1. The summed E-state index contributed by atoms with van der Waals surface area (Å²) in [7, 11) is 1.71. The molecule has 0 fully saturated rings. The van der Waals surface area contributed by atoms with Gasteiger partial charge in [-0.1, -0.05) is 0 Å². The first kappa shape index (κ1) is 4.70. The van der Waals surface area contributed by atoms with Gasteiger partial charge in [0.15, 0.2) is 0 Å². The second-order valence-corrected chi connectivity index (χ2v) is 8.49. The third-order valence-corrected chi connectivity index (χ3v) is 5.00. The molecule has 0 atom stereocenters. The van der Waals surface area contributed by atoms with Crippen molar-refractivity contribution in [3.8, 4) is 0 Å². The van der Waals surface area contributed by atoms with Gasteiger partial charge in [-0.3, -0.25) is 0 Å². The molecule has 0 unspecified atom stereocenters. The van der Waals surface area contributed by atoms with Crippen LogP contribution in [0.3, 0.4) is 0 Å². The van der Waals surface area contributed by atoms with E-state index < -0.39 is 18.7 Å². The summed E-state index contributed by atoms with van der Waals surface area (Å²) in [6.45, 7) is 0. The van der Waals surface area contributed by atoms with Crippen molar-refractivity contribution < 1.29 is 0 Å². The molecule has 0 aliphatic carbocycles. The van der Waals surface area contributed by atoms with Gasteiger partial charge in [-0.15, -0.1) is 0 Å². The van der Waals surface area contributed by atoms with Crippen LogP contribution in [-0.4, -0.2) is 11.3 Å². The van der Waals surface area contributed by atoms with Crippen molar-refractivity contribution in [3.63, 3.8) is 0 Å². The van der Waals surface area contributed by atoms with E-state index >= 15 is 0 Å². The molecule has 0 saturated heterocycles. The van der Waals surface area contributed by atoms with E-state index in [-0.39, 0.29) is 0 Å². The molecule has 0 saturated carbocycles. The van der Waals surface area contributed by atoms with Crippen LogP contribution in [0.2, 0.25) is 0 Å². The molecule has 1 aliphatic rings. The molecule has 0 aromatic rings. The summed E-state index contributed by atoms with van der Waals surface area (Å²) in [5.74, 6) is 0. The first-order valence-corrected chi connectivity index (χ1v) is 8.00. The number of rotatable bonds is 0. The quantitative estimate of drug-likeness (QED) is 0.285. The van der Waals surface area contributed by atoms with Crippen LogP contribution in [0.25, 0.3) is 0 Å². The molecule has 0 aromatic carbocycles. The summed E-state index contributed by atoms with van der Waals surface area (Å²) in [5.41, 5.74) is 0. The maximum absolute atomic E-state index is 3.91. The van der Waals surface area contributed by atoms with Crippen molar-refractivity contribution in [2.75, 3.05) is 4.93 Å². The van der Waals surface area contributed by atoms with Gasteiger partial charge in [0.25, 0.3) is 0 Å². The van der Waals surface area contributed by atoms with Gasteiger partial charge >= 0.3 is 47.0 Å². The summed E-state index contributed by atoms with van der Waals surface area (Å²) < 4.78 is 7.06. The summed E-state index contributed by atoms with van der Waals surface area (Å²) >= 11 is -0.745. The van der Waals surface area contributed by atoms with E-state index in [9.17, 15) is 0 Å². The molecule has 2 nitrogen and oxygen atoms in total. The van der Waals surface area contributed by atoms with Gasteiger partial charge < -0.3 is 0 Å². The van der Waals surface area contributed by atoms with E-state index in [0.29, 0.717) is 0 Å². The maximum atomic E-state index is 3.91. The molecule has 0 radical (unpaired) electrons. The summed E-state index contributed by atoms with van der Waals surface area (Å²) in [6, 6.07) is 0. The van der Waals surface area contributed by atoms with Crippen molar-refractivity contribution >= 4 is 34.2 Å². The fourth-order valence-corrected chi connectivity index (χ4v) is 3.13. The molecule has 36 valence electrons. The van der Waals surface area contributed by atoms with Crippen molar-refractivity contribution in [2.45, 2.75) is 0 Å². The van der Waals surface area contributed by atoms with Crippen LogP contribution in [0.4, 0.5) is 0 Å². The van der Waals surface area contributed by atoms with E-state index in [0.717, 1.165) is 0 Å². The molecule has 1 N–H and O–H groups in total. The van der Waals surface area contributed by atoms with Crippen LogP contribution < -0.4 is 3.53 Å². The Kier molecular flexibility index (Phi) is 1.58. The summed E-state index contributed by atoms with van der Waals surface area (Å²) in [4.78, 5) is 2.22. The molecule has 1 aliphatic heterocycles. The molecule has 4 heteroatoms. The fraction of sp³-hybridized carbons (Fsp3) is 0.500. The first-order chi connectivity index (χ1) is 2.89. The standard InChI is InChI=1S/C2H5IN2S/c1-3-4-2-5-6-3/h2H,1H3,(H,4,5). The van der Waals surface area contributed by atoms with E-state index in [2.05, 4.69) is 12.9 Å². The van der Waals surface area contributed by atoms with Gasteiger partial charge in [0.05, 0.1) is 0 Å². The van der Waals surface area contributed by atoms with E-state index in [1.54, 1.807) is 15.5 Å². The monoisotopic (exact) mass is 216 g/mol. The third kappa shape index (κ3) is 1.01. The van der Waals surface area contributed by atoms with Gasteiger partial charge in [0.2, 0.25) is 0 Å². The van der Waals surface area contributed by atoms with Crippen molar-refractivity contribution in [3.05, 3.63) is 0 Å². The Bertz CT molecular complexity index is 65.9. The molecule has 0 aromatic heterocycles. The Morgan fingerprint density at radius 2 is 2.83 bits per heavy atom. The van der Waals surface area contributed by atoms with Crippen molar-refractivity contribution in [1.82, 2.24) is 3.53 Å². The number of alkyl halides is 1. The van der Waals surface area contributed by atoms with Crippen molar-refractivity contribution in [2.24, 2.45) is 4.40 Å².